The number of carboxylic acid groups (broad SMARTS) is 1. The highest BCUT2D eigenvalue weighted by molar-refractivity contribution is 6.41. The van der Waals surface area contributed by atoms with Gasteiger partial charge in [0.1, 0.15) is 11.5 Å². The van der Waals surface area contributed by atoms with Crippen molar-refractivity contribution in [3.05, 3.63) is 46.6 Å². The molecule has 0 amide bonds. The van der Waals surface area contributed by atoms with Gasteiger partial charge in [0.15, 0.2) is 6.10 Å². The summed E-state index contributed by atoms with van der Waals surface area (Å²) in [6, 6.07) is 7.97. The molecule has 0 spiro atoms. The average Bonchev–Trinajstić information content (AvgIpc) is 2.45. The van der Waals surface area contributed by atoms with Crippen LogP contribution in [-0.4, -0.2) is 22.2 Å². The van der Waals surface area contributed by atoms with Gasteiger partial charge in [-0.25, -0.2) is 9.78 Å². The first kappa shape index (κ1) is 15.4. The lowest BCUT2D eigenvalue weighted by Gasteiger charge is -2.11. The van der Waals surface area contributed by atoms with Gasteiger partial charge in [0, 0.05) is 6.07 Å². The molecule has 0 radical (unpaired) electrons. The van der Waals surface area contributed by atoms with E-state index in [1.165, 1.54) is 19.2 Å². The van der Waals surface area contributed by atoms with Crippen molar-refractivity contribution in [3.63, 3.8) is 0 Å². The molecule has 0 aliphatic carbocycles. The van der Waals surface area contributed by atoms with Gasteiger partial charge in [-0.1, -0.05) is 23.2 Å². The third kappa shape index (κ3) is 4.24. The Morgan fingerprint density at radius 1 is 1.19 bits per heavy atom. The van der Waals surface area contributed by atoms with E-state index in [1.807, 2.05) is 0 Å². The minimum atomic E-state index is -1.03. The van der Waals surface area contributed by atoms with Crippen LogP contribution in [0.2, 0.25) is 10.0 Å². The summed E-state index contributed by atoms with van der Waals surface area (Å²) in [5, 5.41) is 9.45. The highest BCUT2D eigenvalue weighted by Crippen LogP contribution is 2.28. The lowest BCUT2D eigenvalue weighted by molar-refractivity contribution is -0.144. The lowest BCUT2D eigenvalue weighted by Crippen LogP contribution is -2.22. The fraction of sp³-hybridized carbons (Fsp3) is 0.143. The number of carbonyl (C=O) groups is 1. The van der Waals surface area contributed by atoms with E-state index in [4.69, 9.17) is 37.8 Å². The first-order valence-corrected chi connectivity index (χ1v) is 6.69. The van der Waals surface area contributed by atoms with Crippen molar-refractivity contribution in [2.24, 2.45) is 0 Å². The second-order valence-electron chi connectivity index (χ2n) is 4.11. The molecule has 7 heteroatoms. The number of aromatic nitrogens is 1. The molecule has 21 heavy (non-hydrogen) atoms. The maximum atomic E-state index is 10.7. The quantitative estimate of drug-likeness (QED) is 0.897. The van der Waals surface area contributed by atoms with Crippen molar-refractivity contribution < 1.29 is 19.4 Å². The molecule has 1 aromatic heterocycles. The third-order valence-electron chi connectivity index (χ3n) is 2.49. The van der Waals surface area contributed by atoms with Gasteiger partial charge < -0.3 is 14.6 Å². The van der Waals surface area contributed by atoms with Crippen LogP contribution in [0, 0.1) is 0 Å². The molecule has 0 aliphatic rings. The largest absolute Gasteiger partial charge is 0.479 e. The molecular formula is C14H11Cl2NO4. The third-order valence-corrected chi connectivity index (χ3v) is 3.20. The van der Waals surface area contributed by atoms with Gasteiger partial charge in [-0.15, -0.1) is 0 Å². The van der Waals surface area contributed by atoms with Crippen molar-refractivity contribution in [2.45, 2.75) is 13.0 Å². The molecule has 5 nitrogen and oxygen atoms in total. The van der Waals surface area contributed by atoms with Crippen molar-refractivity contribution >= 4 is 29.2 Å². The zero-order valence-corrected chi connectivity index (χ0v) is 12.4. The number of benzene rings is 1. The summed E-state index contributed by atoms with van der Waals surface area (Å²) in [6.45, 7) is 1.45. The zero-order valence-electron chi connectivity index (χ0n) is 10.9. The molecule has 1 heterocycles. The fourth-order valence-corrected chi connectivity index (χ4v) is 1.66. The topological polar surface area (TPSA) is 68.7 Å². The number of pyridine rings is 1. The highest BCUT2D eigenvalue weighted by Gasteiger charge is 2.12. The van der Waals surface area contributed by atoms with Crippen molar-refractivity contribution in [3.8, 4) is 17.4 Å². The first-order chi connectivity index (χ1) is 9.95. The molecule has 1 unspecified atom stereocenters. The van der Waals surface area contributed by atoms with Gasteiger partial charge >= 0.3 is 5.97 Å². The van der Waals surface area contributed by atoms with Gasteiger partial charge in [0.25, 0.3) is 0 Å². The molecule has 0 saturated heterocycles. The molecule has 0 saturated carbocycles. The van der Waals surface area contributed by atoms with E-state index in [-0.39, 0.29) is 0 Å². The molecule has 0 bridgehead atoms. The van der Waals surface area contributed by atoms with Crippen LogP contribution >= 0.6 is 23.2 Å². The number of aliphatic carboxylic acids is 1. The maximum Gasteiger partial charge on any atom is 0.344 e. The van der Waals surface area contributed by atoms with E-state index in [0.717, 1.165) is 0 Å². The van der Waals surface area contributed by atoms with E-state index < -0.39 is 12.1 Å². The Morgan fingerprint density at radius 3 is 2.38 bits per heavy atom. The maximum absolute atomic E-state index is 10.7. The summed E-state index contributed by atoms with van der Waals surface area (Å²) in [5.41, 5.74) is 0. The smallest absolute Gasteiger partial charge is 0.344 e. The SMILES string of the molecule is CC(Oc1ccc(Oc2cc(Cl)c(Cl)cn2)cc1)C(=O)O. The van der Waals surface area contributed by atoms with Crippen LogP contribution in [-0.2, 0) is 4.79 Å². The van der Waals surface area contributed by atoms with E-state index >= 15 is 0 Å². The molecule has 0 fully saturated rings. The van der Waals surface area contributed by atoms with Gasteiger partial charge in [-0.2, -0.15) is 0 Å². The number of rotatable bonds is 5. The van der Waals surface area contributed by atoms with E-state index in [2.05, 4.69) is 4.98 Å². The van der Waals surface area contributed by atoms with Gasteiger partial charge in [-0.3, -0.25) is 0 Å². The number of nitrogens with zero attached hydrogens (tertiary/aromatic N) is 1. The Morgan fingerprint density at radius 2 is 1.81 bits per heavy atom. The Balaban J connectivity index is 2.05. The second-order valence-corrected chi connectivity index (χ2v) is 4.92. The van der Waals surface area contributed by atoms with Gasteiger partial charge in [-0.05, 0) is 31.2 Å². The first-order valence-electron chi connectivity index (χ1n) is 5.94. The summed E-state index contributed by atoms with van der Waals surface area (Å²) >= 11 is 11.6. The van der Waals surface area contributed by atoms with Gasteiger partial charge in [0.05, 0.1) is 16.2 Å². The summed E-state index contributed by atoms with van der Waals surface area (Å²) in [5.74, 6) is 0.211. The van der Waals surface area contributed by atoms with Crippen LogP contribution in [0.3, 0.4) is 0 Å². The lowest BCUT2D eigenvalue weighted by atomic mass is 10.3. The van der Waals surface area contributed by atoms with Crippen molar-refractivity contribution in [2.75, 3.05) is 0 Å². The summed E-state index contributed by atoms with van der Waals surface area (Å²) in [4.78, 5) is 14.7. The van der Waals surface area contributed by atoms with Crippen LogP contribution < -0.4 is 9.47 Å². The number of halogens is 2. The molecular weight excluding hydrogens is 317 g/mol. The summed E-state index contributed by atoms with van der Waals surface area (Å²) < 4.78 is 10.7. The molecule has 110 valence electrons. The standard InChI is InChI=1S/C14H11Cl2NO4/c1-8(14(18)19)20-9-2-4-10(5-3-9)21-13-6-11(15)12(16)7-17-13/h2-8H,1H3,(H,18,19). The summed E-state index contributed by atoms with van der Waals surface area (Å²) in [6.07, 6.45) is 0.471. The van der Waals surface area contributed by atoms with Crippen molar-refractivity contribution in [1.82, 2.24) is 4.98 Å². The minimum Gasteiger partial charge on any atom is -0.479 e. The molecule has 0 aliphatic heterocycles. The number of ether oxygens (including phenoxy) is 2. The van der Waals surface area contributed by atoms with Gasteiger partial charge in [0.2, 0.25) is 5.88 Å². The Hall–Kier alpha value is -1.98. The molecule has 2 rings (SSSR count). The molecule has 1 aromatic carbocycles. The van der Waals surface area contributed by atoms with Crippen LogP contribution in [0.1, 0.15) is 6.92 Å². The predicted molar refractivity (Wildman–Crippen MR) is 78.5 cm³/mol. The molecule has 1 N–H and O–H groups in total. The average molecular weight is 328 g/mol. The fourth-order valence-electron chi connectivity index (χ4n) is 1.41. The Labute approximate surface area is 131 Å². The second kappa shape index (κ2) is 6.65. The van der Waals surface area contributed by atoms with Crippen LogP contribution in [0.25, 0.3) is 0 Å². The Bertz CT molecular complexity index is 646. The summed E-state index contributed by atoms with van der Waals surface area (Å²) in [7, 11) is 0. The Kier molecular flexibility index (Phi) is 4.88. The van der Waals surface area contributed by atoms with Crippen molar-refractivity contribution in [1.29, 1.82) is 0 Å². The zero-order chi connectivity index (χ0) is 15.4. The normalized spacial score (nSPS) is 11.8. The minimum absolute atomic E-state index is 0.303. The molecule has 2 aromatic rings. The predicted octanol–water partition coefficient (Wildman–Crippen LogP) is 4.03. The van der Waals surface area contributed by atoms with E-state index in [0.29, 0.717) is 27.4 Å². The highest BCUT2D eigenvalue weighted by atomic mass is 35.5. The van der Waals surface area contributed by atoms with E-state index in [1.54, 1.807) is 24.3 Å². The van der Waals surface area contributed by atoms with Crippen LogP contribution in [0.15, 0.2) is 36.5 Å². The number of carboxylic acids is 1. The molecule has 1 atom stereocenters. The monoisotopic (exact) mass is 327 g/mol. The van der Waals surface area contributed by atoms with Crippen LogP contribution in [0.5, 0.6) is 17.4 Å². The van der Waals surface area contributed by atoms with E-state index in [9.17, 15) is 4.79 Å². The number of hydrogen-bond donors (Lipinski definition) is 1. The van der Waals surface area contributed by atoms with Crippen LogP contribution in [0.4, 0.5) is 0 Å². The number of hydrogen-bond acceptors (Lipinski definition) is 4.